The van der Waals surface area contributed by atoms with Crippen molar-refractivity contribution in [1.29, 1.82) is 0 Å². The molecule has 0 unspecified atom stereocenters. The van der Waals surface area contributed by atoms with Crippen LogP contribution in [0.25, 0.3) is 21.9 Å². The number of halogens is 1. The van der Waals surface area contributed by atoms with Crippen molar-refractivity contribution in [2.24, 2.45) is 0 Å². The number of fused-ring (bicyclic) bond motifs is 2. The van der Waals surface area contributed by atoms with E-state index in [0.29, 0.717) is 4.78 Å². The molecule has 18 aromatic rings. The minimum atomic E-state index is -1.30. The maximum absolute atomic E-state index is 8.48. The molecular formula is C100H94BBrN12O2P4PdS2. The van der Waals surface area contributed by atoms with E-state index in [1.807, 2.05) is 16.8 Å². The molecule has 0 spiro atoms. The Balaban J connectivity index is 0.000000125. The fourth-order valence-corrected chi connectivity index (χ4v) is 24.7. The summed E-state index contributed by atoms with van der Waals surface area (Å²) < 4.78 is 5.07. The molecule has 12 aromatic carbocycles. The molecule has 0 saturated carbocycles. The molecule has 2 aliphatic heterocycles. The SMILES string of the molecule is CN1CCN(c2ncc(-c3cccs3)n3ncnc23)CC1.CN1CCN(c2ncc(Br)n3ncnc23)CC1.OB(O)c1cccs1.[Pd].c1ccc(P(c2ccccc2)c2ccccc2)cc1.c1ccc(P(c2ccccc2)c2ccccc2)cc1.c1ccc(P(c2ccccc2)c2ccccc2)cc1.c1ccc(P(c2ccccc2)c2ccccc2)cc1. The van der Waals surface area contributed by atoms with E-state index >= 15 is 0 Å². The summed E-state index contributed by atoms with van der Waals surface area (Å²) in [6, 6.07) is 137. The molecule has 0 aliphatic carbocycles. The van der Waals surface area contributed by atoms with Crippen LogP contribution < -0.4 is 78.2 Å². The number of aromatic nitrogens is 8. The van der Waals surface area contributed by atoms with Crippen molar-refractivity contribution in [3.63, 3.8) is 0 Å². The summed E-state index contributed by atoms with van der Waals surface area (Å²) in [5.41, 5.74) is 2.64. The summed E-state index contributed by atoms with van der Waals surface area (Å²) in [6.07, 6.45) is 6.84. The first-order chi connectivity index (χ1) is 60.2. The molecule has 6 aromatic heterocycles. The van der Waals surface area contributed by atoms with Gasteiger partial charge in [-0.2, -0.15) is 21.5 Å². The number of benzene rings is 12. The van der Waals surface area contributed by atoms with E-state index in [1.165, 1.54) is 75.0 Å². The van der Waals surface area contributed by atoms with Gasteiger partial charge in [0.05, 0.1) is 17.3 Å². The van der Waals surface area contributed by atoms with Crippen molar-refractivity contribution >= 4 is 169 Å². The molecule has 2 N–H and O–H groups in total. The molecule has 0 bridgehead atoms. The van der Waals surface area contributed by atoms with E-state index < -0.39 is 38.8 Å². The van der Waals surface area contributed by atoms with Crippen LogP contribution in [0.5, 0.6) is 0 Å². The molecule has 2 fully saturated rings. The molecule has 20 rings (SSSR count). The number of rotatable bonds is 16. The minimum absolute atomic E-state index is 0. The van der Waals surface area contributed by atoms with E-state index in [0.717, 1.165) is 90.5 Å². The second kappa shape index (κ2) is 48.0. The first-order valence-electron chi connectivity index (χ1n) is 40.3. The van der Waals surface area contributed by atoms with Crippen LogP contribution in [0.2, 0.25) is 0 Å². The van der Waals surface area contributed by atoms with Gasteiger partial charge >= 0.3 is 7.12 Å². The standard InChI is InChI=1S/4C18H15P.C14H16N6S.C10H13BrN6.C4H5BO2S.Pd/c4*1-4-10-16(11-5-1)19(17-12-6-2-7-13-17)18-14-8-3-9-15-18;1-18-4-6-19(7-5-18)13-14-16-10-17-20(14)11(9-15-13)12-3-2-8-21-12;1-15-2-4-16(5-3-15)9-10-13-7-14-17(10)8(11)6-12-9;6-5(7)4-2-1-3-8-4;/h4*1-15H;2-3,8-10H,4-7H2,1H3;6-7H,2-5H2,1H3;1-3,6-7H;. The predicted molar refractivity (Wildman–Crippen MR) is 527 cm³/mol. The Bertz CT molecular complexity index is 5130. The summed E-state index contributed by atoms with van der Waals surface area (Å²) in [6.45, 7) is 8.12. The maximum atomic E-state index is 8.48. The van der Waals surface area contributed by atoms with Crippen molar-refractivity contribution in [2.45, 2.75) is 0 Å². The van der Waals surface area contributed by atoms with Gasteiger partial charge in [-0.1, -0.05) is 382 Å². The van der Waals surface area contributed by atoms with Crippen LogP contribution in [0.3, 0.4) is 0 Å². The van der Waals surface area contributed by atoms with Gasteiger partial charge < -0.3 is 29.6 Å². The van der Waals surface area contributed by atoms with Crippen LogP contribution in [0.4, 0.5) is 11.6 Å². The molecular weight excluding hydrogens is 1790 g/mol. The van der Waals surface area contributed by atoms with E-state index in [2.05, 4.69) is 455 Å². The van der Waals surface area contributed by atoms with Gasteiger partial charge in [0.1, 0.15) is 23.0 Å². The molecule has 0 amide bonds. The predicted octanol–water partition coefficient (Wildman–Crippen LogP) is 15.4. The largest absolute Gasteiger partial charge is 0.499 e. The van der Waals surface area contributed by atoms with Crippen molar-refractivity contribution < 1.29 is 30.5 Å². The van der Waals surface area contributed by atoms with Crippen molar-refractivity contribution in [3.8, 4) is 10.6 Å². The number of piperazine rings is 2. The van der Waals surface area contributed by atoms with E-state index in [1.54, 1.807) is 52.2 Å². The zero-order chi connectivity index (χ0) is 83.7. The summed E-state index contributed by atoms with van der Waals surface area (Å²) >= 11 is 6.43. The smallest absolute Gasteiger partial charge is 0.423 e. The van der Waals surface area contributed by atoms with Crippen LogP contribution in [-0.2, 0) is 20.4 Å². The van der Waals surface area contributed by atoms with Crippen molar-refractivity contribution in [1.82, 2.24) is 49.0 Å². The van der Waals surface area contributed by atoms with Crippen LogP contribution in [0, 0.1) is 0 Å². The van der Waals surface area contributed by atoms with Gasteiger partial charge in [0.15, 0.2) is 22.9 Å². The molecule has 2 saturated heterocycles. The number of hydrogen-bond donors (Lipinski definition) is 2. The Labute approximate surface area is 757 Å². The Morgan fingerprint density at radius 2 is 0.537 bits per heavy atom. The Morgan fingerprint density at radius 1 is 0.293 bits per heavy atom. The van der Waals surface area contributed by atoms with Crippen LogP contribution in [0.15, 0.2) is 429 Å². The van der Waals surface area contributed by atoms with Crippen molar-refractivity contribution in [3.05, 3.63) is 429 Å². The van der Waals surface area contributed by atoms with Crippen molar-refractivity contribution in [2.75, 3.05) is 76.3 Å². The van der Waals surface area contributed by atoms with Gasteiger partial charge in [-0.05, 0) is 142 Å². The number of nitrogens with zero attached hydrogens (tertiary/aromatic N) is 12. The first-order valence-corrected chi connectivity index (χ1v) is 48.3. The number of hydrogen-bond acceptors (Lipinski definition) is 14. The fourth-order valence-electron chi connectivity index (χ4n) is 13.8. The zero-order valence-corrected chi connectivity index (χ0v) is 76.6. The molecule has 14 nitrogen and oxygen atoms in total. The average molecular weight is 1880 g/mol. The average Bonchev–Trinajstić information content (AvgIpc) is 1.66. The molecule has 123 heavy (non-hydrogen) atoms. The zero-order valence-electron chi connectivity index (χ0n) is 68.2. The van der Waals surface area contributed by atoms with Gasteiger partial charge in [-0.3, -0.25) is 0 Å². The Morgan fingerprint density at radius 3 is 0.772 bits per heavy atom. The number of thiophene rings is 2. The monoisotopic (exact) mass is 1880 g/mol. The van der Waals surface area contributed by atoms with E-state index in [9.17, 15) is 0 Å². The topological polar surface area (TPSA) is 140 Å². The third kappa shape index (κ3) is 25.4. The summed E-state index contributed by atoms with van der Waals surface area (Å²) in [4.78, 5) is 28.2. The van der Waals surface area contributed by atoms with Gasteiger partial charge in [0.2, 0.25) is 0 Å². The van der Waals surface area contributed by atoms with Gasteiger partial charge in [-0.25, -0.2) is 29.0 Å². The fraction of sp³-hybridized carbons (Fsp3) is 0.100. The Hall–Kier alpha value is -10.5. The molecule has 8 heterocycles. The second-order valence-electron chi connectivity index (χ2n) is 28.2. The second-order valence-corrected chi connectivity index (χ2v) is 39.8. The molecule has 0 radical (unpaired) electrons. The third-order valence-electron chi connectivity index (χ3n) is 19.9. The van der Waals surface area contributed by atoms with E-state index in [-0.39, 0.29) is 20.4 Å². The van der Waals surface area contributed by atoms with Gasteiger partial charge in [0.25, 0.3) is 0 Å². The number of anilines is 2. The summed E-state index contributed by atoms with van der Waals surface area (Å²) in [5.74, 6) is 1.85. The van der Waals surface area contributed by atoms with Gasteiger partial charge in [-0.15, -0.1) is 11.3 Å². The molecule has 23 heteroatoms. The molecule has 2 aliphatic rings. The van der Waals surface area contributed by atoms with Crippen LogP contribution in [-0.4, -0.2) is 133 Å². The van der Waals surface area contributed by atoms with Gasteiger partial charge in [0, 0.05) is 77.6 Å². The quantitative estimate of drug-likeness (QED) is 0.0703. The first kappa shape index (κ1) is 90.2. The molecule has 618 valence electrons. The van der Waals surface area contributed by atoms with Crippen LogP contribution in [0.1, 0.15) is 0 Å². The van der Waals surface area contributed by atoms with Crippen LogP contribution >= 0.6 is 70.3 Å². The summed E-state index contributed by atoms with van der Waals surface area (Å²) in [7, 11) is 1.21. The normalized spacial score (nSPS) is 12.5. The Kier molecular flexibility index (Phi) is 35.2. The number of likely N-dealkylation sites (N-methyl/N-ethyl adjacent to an activating group) is 2. The third-order valence-corrected chi connectivity index (χ3v) is 32.0. The minimum Gasteiger partial charge on any atom is -0.423 e. The molecule has 0 atom stereocenters. The van der Waals surface area contributed by atoms with E-state index in [4.69, 9.17) is 10.0 Å². The summed E-state index contributed by atoms with van der Waals surface area (Å²) in [5, 5.41) is 46.1. The maximum Gasteiger partial charge on any atom is 0.499 e.